The summed E-state index contributed by atoms with van der Waals surface area (Å²) in [5, 5.41) is 4.53. The van der Waals surface area contributed by atoms with Crippen LogP contribution in [0, 0.1) is 12.8 Å². The van der Waals surface area contributed by atoms with Crippen LogP contribution in [0.4, 0.5) is 0 Å². The summed E-state index contributed by atoms with van der Waals surface area (Å²) < 4.78 is 8.52. The zero-order chi connectivity index (χ0) is 12.5. The Bertz CT molecular complexity index is 606. The molecule has 3 heterocycles. The monoisotopic (exact) mass is 308 g/mol. The number of allylic oxidation sites excluding steroid dienone is 1. The first-order chi connectivity index (χ1) is 8.74. The van der Waals surface area contributed by atoms with E-state index in [9.17, 15) is 0 Å². The molecule has 1 N–H and O–H groups in total. The fourth-order valence-corrected chi connectivity index (χ4v) is 2.66. The quantitative estimate of drug-likeness (QED) is 0.866. The van der Waals surface area contributed by atoms with Gasteiger partial charge in [-0.1, -0.05) is 0 Å². The Hall–Kier alpha value is -1.36. The summed E-state index contributed by atoms with van der Waals surface area (Å²) in [6.45, 7) is 3.72. The third kappa shape index (κ3) is 2.14. The van der Waals surface area contributed by atoms with Crippen molar-refractivity contribution in [3.63, 3.8) is 0 Å². The third-order valence-electron chi connectivity index (χ3n) is 3.23. The van der Waals surface area contributed by atoms with Crippen molar-refractivity contribution in [2.24, 2.45) is 5.92 Å². The summed E-state index contributed by atoms with van der Waals surface area (Å²) in [5.41, 5.74) is 2.07. The van der Waals surface area contributed by atoms with Crippen LogP contribution in [0.25, 0.3) is 10.9 Å². The van der Waals surface area contributed by atoms with Crippen molar-refractivity contribution in [1.82, 2.24) is 10.1 Å². The first-order valence-corrected chi connectivity index (χ1v) is 6.83. The summed E-state index contributed by atoms with van der Waals surface area (Å²) in [6, 6.07) is 0. The van der Waals surface area contributed by atoms with E-state index in [0.29, 0.717) is 5.92 Å². The van der Waals surface area contributed by atoms with Crippen molar-refractivity contribution >= 4 is 26.8 Å². The lowest BCUT2D eigenvalue weighted by Crippen LogP contribution is -2.40. The SMILES string of the molecule is Cc1ncc2[nH][n+](CC3CC=COC3)cc2c1Br. The summed E-state index contributed by atoms with van der Waals surface area (Å²) in [5.74, 6) is 0.529. The molecule has 0 aromatic carbocycles. The molecule has 1 unspecified atom stereocenters. The van der Waals surface area contributed by atoms with Crippen LogP contribution in [0.1, 0.15) is 12.1 Å². The maximum Gasteiger partial charge on any atom is 0.204 e. The average molecular weight is 309 g/mol. The molecule has 1 atom stereocenters. The predicted molar refractivity (Wildman–Crippen MR) is 71.9 cm³/mol. The molecule has 0 bridgehead atoms. The van der Waals surface area contributed by atoms with Crippen LogP contribution in [0.15, 0.2) is 29.2 Å². The number of ether oxygens (including phenoxy) is 1. The lowest BCUT2D eigenvalue weighted by molar-refractivity contribution is -0.753. The number of hydrogen-bond acceptors (Lipinski definition) is 2. The maximum atomic E-state index is 5.34. The molecule has 2 aromatic rings. The lowest BCUT2D eigenvalue weighted by Gasteiger charge is -2.13. The summed E-state index contributed by atoms with van der Waals surface area (Å²) in [6.07, 6.45) is 8.95. The molecular weight excluding hydrogens is 294 g/mol. The van der Waals surface area contributed by atoms with Crippen LogP contribution in [0.2, 0.25) is 0 Å². The van der Waals surface area contributed by atoms with Gasteiger partial charge in [-0.15, -0.1) is 4.68 Å². The zero-order valence-electron chi connectivity index (χ0n) is 10.2. The van der Waals surface area contributed by atoms with E-state index in [1.807, 2.05) is 13.1 Å². The minimum absolute atomic E-state index is 0.529. The molecule has 18 heavy (non-hydrogen) atoms. The molecule has 0 saturated heterocycles. The number of aromatic amines is 1. The van der Waals surface area contributed by atoms with Gasteiger partial charge in [0.1, 0.15) is 5.52 Å². The van der Waals surface area contributed by atoms with E-state index in [1.54, 1.807) is 6.26 Å². The number of hydrogen-bond donors (Lipinski definition) is 1. The molecule has 0 radical (unpaired) electrons. The van der Waals surface area contributed by atoms with Gasteiger partial charge in [-0.05, 0) is 35.4 Å². The number of rotatable bonds is 2. The Labute approximate surface area is 114 Å². The van der Waals surface area contributed by atoms with E-state index in [2.05, 4.69) is 43.0 Å². The molecule has 0 aliphatic carbocycles. The lowest BCUT2D eigenvalue weighted by atomic mass is 10.1. The van der Waals surface area contributed by atoms with Crippen LogP contribution in [0.3, 0.4) is 0 Å². The predicted octanol–water partition coefficient (Wildman–Crippen LogP) is 2.47. The van der Waals surface area contributed by atoms with Crippen molar-refractivity contribution in [3.8, 4) is 0 Å². The molecule has 0 amide bonds. The zero-order valence-corrected chi connectivity index (χ0v) is 11.8. The van der Waals surface area contributed by atoms with E-state index in [1.165, 1.54) is 5.39 Å². The maximum absolute atomic E-state index is 5.34. The summed E-state index contributed by atoms with van der Waals surface area (Å²) in [7, 11) is 0. The Balaban J connectivity index is 1.89. The fraction of sp³-hybridized carbons (Fsp3) is 0.385. The third-order valence-corrected chi connectivity index (χ3v) is 4.23. The second-order valence-electron chi connectivity index (χ2n) is 4.69. The molecule has 2 aromatic heterocycles. The van der Waals surface area contributed by atoms with Gasteiger partial charge in [-0.3, -0.25) is 4.98 Å². The number of halogens is 1. The fourth-order valence-electron chi connectivity index (χ4n) is 2.24. The highest BCUT2D eigenvalue weighted by molar-refractivity contribution is 9.10. The van der Waals surface area contributed by atoms with E-state index in [4.69, 9.17) is 4.74 Å². The van der Waals surface area contributed by atoms with Crippen LogP contribution >= 0.6 is 15.9 Å². The van der Waals surface area contributed by atoms with Gasteiger partial charge in [0.15, 0.2) is 6.54 Å². The van der Waals surface area contributed by atoms with Gasteiger partial charge < -0.3 is 4.74 Å². The molecule has 4 nitrogen and oxygen atoms in total. The highest BCUT2D eigenvalue weighted by atomic mass is 79.9. The highest BCUT2D eigenvalue weighted by Crippen LogP contribution is 2.23. The molecule has 0 spiro atoms. The van der Waals surface area contributed by atoms with Gasteiger partial charge >= 0.3 is 0 Å². The van der Waals surface area contributed by atoms with Gasteiger partial charge in [-0.2, -0.15) is 5.10 Å². The number of aryl methyl sites for hydroxylation is 1. The standard InChI is InChI=1S/C13H14BrN3O/c1-9-13(14)11-7-17(16-12(11)5-15-9)6-10-3-2-4-18-8-10/h2,4-5,7,10H,3,6,8H2,1H3/p+1. The normalized spacial score (nSPS) is 19.1. The van der Waals surface area contributed by atoms with Crippen LogP contribution in [0.5, 0.6) is 0 Å². The average Bonchev–Trinajstić information content (AvgIpc) is 2.79. The van der Waals surface area contributed by atoms with Crippen LogP contribution in [-0.4, -0.2) is 16.7 Å². The van der Waals surface area contributed by atoms with Gasteiger partial charge in [-0.25, -0.2) is 0 Å². The molecule has 1 aliphatic rings. The molecule has 94 valence electrons. The number of nitrogens with one attached hydrogen (secondary N) is 1. The van der Waals surface area contributed by atoms with Crippen molar-refractivity contribution in [2.75, 3.05) is 6.61 Å². The minimum atomic E-state index is 0.529. The van der Waals surface area contributed by atoms with Crippen molar-refractivity contribution in [1.29, 1.82) is 0 Å². The molecule has 0 fully saturated rings. The van der Waals surface area contributed by atoms with E-state index in [0.717, 1.165) is 35.3 Å². The number of aromatic nitrogens is 3. The first-order valence-electron chi connectivity index (χ1n) is 6.04. The van der Waals surface area contributed by atoms with Crippen molar-refractivity contribution < 1.29 is 9.42 Å². The van der Waals surface area contributed by atoms with Gasteiger partial charge in [0.25, 0.3) is 0 Å². The first kappa shape index (κ1) is 11.7. The van der Waals surface area contributed by atoms with E-state index < -0.39 is 0 Å². The van der Waals surface area contributed by atoms with Gasteiger partial charge in [0.05, 0.1) is 40.5 Å². The van der Waals surface area contributed by atoms with Gasteiger partial charge in [0, 0.05) is 0 Å². The van der Waals surface area contributed by atoms with Gasteiger partial charge in [0.2, 0.25) is 6.20 Å². The number of pyridine rings is 1. The second-order valence-corrected chi connectivity index (χ2v) is 5.48. The highest BCUT2D eigenvalue weighted by Gasteiger charge is 2.19. The number of fused-ring (bicyclic) bond motifs is 1. The van der Waals surface area contributed by atoms with E-state index >= 15 is 0 Å². The van der Waals surface area contributed by atoms with Crippen LogP contribution < -0.4 is 4.68 Å². The number of H-pyrrole nitrogens is 1. The largest absolute Gasteiger partial charge is 0.501 e. The Morgan fingerprint density at radius 3 is 3.28 bits per heavy atom. The molecule has 5 heteroatoms. The molecule has 0 saturated carbocycles. The molecule has 1 aliphatic heterocycles. The Morgan fingerprint density at radius 1 is 1.61 bits per heavy atom. The smallest absolute Gasteiger partial charge is 0.204 e. The molecular formula is C13H15BrN3O+. The van der Waals surface area contributed by atoms with Crippen molar-refractivity contribution in [2.45, 2.75) is 19.9 Å². The summed E-state index contributed by atoms with van der Waals surface area (Å²) in [4.78, 5) is 4.34. The van der Waals surface area contributed by atoms with Crippen molar-refractivity contribution in [3.05, 3.63) is 34.9 Å². The summed E-state index contributed by atoms with van der Waals surface area (Å²) >= 11 is 3.59. The van der Waals surface area contributed by atoms with E-state index in [-0.39, 0.29) is 0 Å². The van der Waals surface area contributed by atoms with Crippen LogP contribution in [-0.2, 0) is 11.3 Å². The number of nitrogens with zero attached hydrogens (tertiary/aromatic N) is 2. The second kappa shape index (κ2) is 4.72. The molecule has 3 rings (SSSR count). The Morgan fingerprint density at radius 2 is 2.50 bits per heavy atom. The minimum Gasteiger partial charge on any atom is -0.501 e. The topological polar surface area (TPSA) is 41.8 Å². The Kier molecular flexibility index (Phi) is 3.07.